The highest BCUT2D eigenvalue weighted by Gasteiger charge is 2.44. The average molecular weight is 562 g/mol. The van der Waals surface area contributed by atoms with Crippen molar-refractivity contribution < 1.29 is 0 Å². The largest absolute Gasteiger partial charge is 0.353 e. The molecule has 2 N–H and O–H groups in total. The Morgan fingerprint density at radius 3 is 2.43 bits per heavy atom. The lowest BCUT2D eigenvalue weighted by Gasteiger charge is -2.56. The second-order valence-corrected chi connectivity index (χ2v) is 11.7. The summed E-state index contributed by atoms with van der Waals surface area (Å²) in [6, 6.07) is 15.4. The van der Waals surface area contributed by atoms with Crippen LogP contribution in [0.1, 0.15) is 48.8 Å². The van der Waals surface area contributed by atoms with Gasteiger partial charge in [-0.15, -0.1) is 0 Å². The minimum Gasteiger partial charge on any atom is -0.353 e. The SMILES string of the molecule is Cc1cc(Nc2cc(C)[nH]n2)nc(-c2ccc(N3CC4CC(C3)N4Cc3ccc(-n4nccc4C(C)C)nc3)nc2)n1. The third-order valence-electron chi connectivity index (χ3n) is 8.15. The lowest BCUT2D eigenvalue weighted by Crippen LogP contribution is -2.68. The topological polar surface area (TPSA) is 117 Å². The zero-order chi connectivity index (χ0) is 28.8. The summed E-state index contributed by atoms with van der Waals surface area (Å²) in [6.45, 7) is 11.1. The molecular formula is C31H35N11. The molecule has 0 spiro atoms. The highest BCUT2D eigenvalue weighted by Crippen LogP contribution is 2.35. The number of H-pyrrole nitrogens is 1. The van der Waals surface area contributed by atoms with E-state index in [9.17, 15) is 0 Å². The number of piperidine rings is 1. The molecule has 3 aliphatic rings. The summed E-state index contributed by atoms with van der Waals surface area (Å²) < 4.78 is 1.94. The molecule has 8 rings (SSSR count). The maximum atomic E-state index is 4.81. The summed E-state index contributed by atoms with van der Waals surface area (Å²) in [4.78, 5) is 23.9. The van der Waals surface area contributed by atoms with E-state index in [4.69, 9.17) is 15.0 Å². The van der Waals surface area contributed by atoms with Crippen molar-refractivity contribution in [3.05, 3.63) is 83.7 Å². The van der Waals surface area contributed by atoms with E-state index in [1.807, 2.05) is 49.3 Å². The summed E-state index contributed by atoms with van der Waals surface area (Å²) in [5.74, 6) is 4.34. The molecule has 11 heteroatoms. The Morgan fingerprint density at radius 1 is 0.929 bits per heavy atom. The highest BCUT2D eigenvalue weighted by molar-refractivity contribution is 5.61. The van der Waals surface area contributed by atoms with E-state index in [-0.39, 0.29) is 0 Å². The molecule has 3 saturated heterocycles. The Balaban J connectivity index is 0.986. The maximum absolute atomic E-state index is 4.81. The van der Waals surface area contributed by atoms with Crippen molar-refractivity contribution in [2.24, 2.45) is 0 Å². The molecule has 3 fully saturated rings. The van der Waals surface area contributed by atoms with Crippen molar-refractivity contribution in [3.63, 3.8) is 0 Å². The third-order valence-corrected chi connectivity index (χ3v) is 8.15. The van der Waals surface area contributed by atoms with Gasteiger partial charge in [-0.25, -0.2) is 24.6 Å². The number of aromatic amines is 1. The second kappa shape index (κ2) is 10.6. The number of anilines is 3. The normalized spacial score (nSPS) is 18.4. The van der Waals surface area contributed by atoms with E-state index in [1.165, 1.54) is 17.7 Å². The summed E-state index contributed by atoms with van der Waals surface area (Å²) in [5, 5.41) is 14.9. The Hall–Kier alpha value is -4.64. The number of pyridine rings is 2. The van der Waals surface area contributed by atoms with Crippen LogP contribution in [0.5, 0.6) is 0 Å². The van der Waals surface area contributed by atoms with Crippen LogP contribution in [-0.2, 0) is 6.54 Å². The van der Waals surface area contributed by atoms with Crippen LogP contribution in [-0.4, -0.2) is 70.0 Å². The summed E-state index contributed by atoms with van der Waals surface area (Å²) in [5.41, 5.74) is 5.15. The molecule has 11 nitrogen and oxygen atoms in total. The van der Waals surface area contributed by atoms with Crippen LogP contribution in [0.25, 0.3) is 17.2 Å². The molecule has 8 heterocycles. The fourth-order valence-corrected chi connectivity index (χ4v) is 6.00. The molecule has 214 valence electrons. The van der Waals surface area contributed by atoms with Gasteiger partial charge in [-0.1, -0.05) is 19.9 Å². The first kappa shape index (κ1) is 26.3. The fraction of sp³-hybridized carbons (Fsp3) is 0.355. The van der Waals surface area contributed by atoms with Crippen molar-refractivity contribution in [1.82, 2.24) is 44.8 Å². The molecule has 0 aliphatic carbocycles. The zero-order valence-electron chi connectivity index (χ0n) is 24.4. The summed E-state index contributed by atoms with van der Waals surface area (Å²) >= 11 is 0. The van der Waals surface area contributed by atoms with E-state index in [0.29, 0.717) is 29.6 Å². The predicted octanol–water partition coefficient (Wildman–Crippen LogP) is 4.79. The summed E-state index contributed by atoms with van der Waals surface area (Å²) in [6.07, 6.45) is 6.95. The van der Waals surface area contributed by atoms with E-state index in [2.05, 4.69) is 79.6 Å². The molecule has 3 aliphatic heterocycles. The number of nitrogens with one attached hydrogen (secondary N) is 2. The molecule has 0 amide bonds. The third kappa shape index (κ3) is 5.11. The fourth-order valence-electron chi connectivity index (χ4n) is 6.00. The van der Waals surface area contributed by atoms with Crippen LogP contribution in [0.3, 0.4) is 0 Å². The van der Waals surface area contributed by atoms with Crippen molar-refractivity contribution in [1.29, 1.82) is 0 Å². The molecule has 0 aromatic carbocycles. The Labute approximate surface area is 245 Å². The first-order valence-electron chi connectivity index (χ1n) is 14.5. The highest BCUT2D eigenvalue weighted by atomic mass is 15.4. The first-order chi connectivity index (χ1) is 20.4. The number of hydrogen-bond acceptors (Lipinski definition) is 9. The predicted molar refractivity (Wildman–Crippen MR) is 162 cm³/mol. The van der Waals surface area contributed by atoms with Crippen molar-refractivity contribution in [2.45, 2.75) is 58.7 Å². The number of hydrogen-bond donors (Lipinski definition) is 2. The number of aryl methyl sites for hydroxylation is 2. The van der Waals surface area contributed by atoms with Gasteiger partial charge in [0, 0.05) is 85.1 Å². The van der Waals surface area contributed by atoms with Gasteiger partial charge in [-0.05, 0) is 56.0 Å². The lowest BCUT2D eigenvalue weighted by molar-refractivity contribution is -0.00875. The Morgan fingerprint density at radius 2 is 1.74 bits per heavy atom. The van der Waals surface area contributed by atoms with Gasteiger partial charge in [0.25, 0.3) is 0 Å². The molecule has 0 radical (unpaired) electrons. The molecular weight excluding hydrogens is 526 g/mol. The zero-order valence-corrected chi connectivity index (χ0v) is 24.4. The molecule has 5 aromatic rings. The standard InChI is InChI=1S/C31H35N11/c1-19(2)26-9-10-34-42(26)30-7-5-22(14-32-30)16-41-24-13-25(41)18-40(17-24)29-8-6-23(15-33-29)31-35-20(3)11-27(37-31)36-28-12-21(4)38-39-28/h5-12,14-15,19,24-25H,13,16-18H2,1-4H3,(H2,35,36,37,38,39). The van der Waals surface area contributed by atoms with Gasteiger partial charge in [0.1, 0.15) is 11.6 Å². The van der Waals surface area contributed by atoms with Gasteiger partial charge < -0.3 is 10.2 Å². The van der Waals surface area contributed by atoms with Gasteiger partial charge >= 0.3 is 0 Å². The number of nitrogens with zero attached hydrogens (tertiary/aromatic N) is 9. The number of fused-ring (bicyclic) bond motifs is 2. The van der Waals surface area contributed by atoms with Gasteiger partial charge in [0.15, 0.2) is 17.5 Å². The van der Waals surface area contributed by atoms with Crippen LogP contribution < -0.4 is 10.2 Å². The molecule has 5 aromatic heterocycles. The lowest BCUT2D eigenvalue weighted by atomic mass is 9.87. The van der Waals surface area contributed by atoms with Gasteiger partial charge in [0.05, 0.1) is 0 Å². The van der Waals surface area contributed by atoms with Crippen molar-refractivity contribution in [3.8, 4) is 17.2 Å². The van der Waals surface area contributed by atoms with Crippen LogP contribution in [0.2, 0.25) is 0 Å². The number of rotatable bonds is 8. The van der Waals surface area contributed by atoms with Crippen LogP contribution >= 0.6 is 0 Å². The second-order valence-electron chi connectivity index (χ2n) is 11.7. The minimum atomic E-state index is 0.395. The van der Waals surface area contributed by atoms with Gasteiger partial charge in [0.2, 0.25) is 0 Å². The van der Waals surface area contributed by atoms with Crippen LogP contribution in [0, 0.1) is 13.8 Å². The molecule has 42 heavy (non-hydrogen) atoms. The monoisotopic (exact) mass is 561 g/mol. The maximum Gasteiger partial charge on any atom is 0.163 e. The minimum absolute atomic E-state index is 0.395. The molecule has 2 unspecified atom stereocenters. The number of aromatic nitrogens is 8. The van der Waals surface area contributed by atoms with Crippen LogP contribution in [0.15, 0.2) is 61.1 Å². The summed E-state index contributed by atoms with van der Waals surface area (Å²) in [7, 11) is 0. The quantitative estimate of drug-likeness (QED) is 0.276. The Kier molecular flexibility index (Phi) is 6.66. The van der Waals surface area contributed by atoms with E-state index in [1.54, 1.807) is 0 Å². The first-order valence-corrected chi connectivity index (χ1v) is 14.5. The number of piperazine rings is 1. The van der Waals surface area contributed by atoms with Crippen molar-refractivity contribution >= 4 is 17.5 Å². The van der Waals surface area contributed by atoms with E-state index < -0.39 is 0 Å². The van der Waals surface area contributed by atoms with E-state index in [0.717, 1.165) is 54.0 Å². The molecule has 2 bridgehead atoms. The van der Waals surface area contributed by atoms with Gasteiger partial charge in [-0.2, -0.15) is 10.2 Å². The smallest absolute Gasteiger partial charge is 0.163 e. The van der Waals surface area contributed by atoms with Crippen molar-refractivity contribution in [2.75, 3.05) is 23.3 Å². The van der Waals surface area contributed by atoms with E-state index >= 15 is 0 Å². The van der Waals surface area contributed by atoms with Gasteiger partial charge in [-0.3, -0.25) is 10.00 Å². The molecule has 0 saturated carbocycles. The average Bonchev–Trinajstić information content (AvgIpc) is 3.65. The van der Waals surface area contributed by atoms with Crippen LogP contribution in [0.4, 0.5) is 17.5 Å². The Bertz CT molecular complexity index is 1670. The molecule has 2 atom stereocenters.